The number of amides is 1. The van der Waals surface area contributed by atoms with E-state index in [1.54, 1.807) is 13.0 Å². The van der Waals surface area contributed by atoms with E-state index in [4.69, 9.17) is 4.74 Å². The molecule has 0 aliphatic carbocycles. The van der Waals surface area contributed by atoms with Gasteiger partial charge in [0.2, 0.25) is 0 Å². The van der Waals surface area contributed by atoms with Gasteiger partial charge in [-0.25, -0.2) is 0 Å². The summed E-state index contributed by atoms with van der Waals surface area (Å²) in [5.74, 6) is 0.0349. The van der Waals surface area contributed by atoms with E-state index in [0.29, 0.717) is 5.75 Å². The molecule has 0 bridgehead atoms. The van der Waals surface area contributed by atoms with Crippen LogP contribution in [0.4, 0.5) is 11.4 Å². The van der Waals surface area contributed by atoms with Gasteiger partial charge in [-0.1, -0.05) is 60.7 Å². The topological polar surface area (TPSA) is 98.1 Å². The van der Waals surface area contributed by atoms with Crippen molar-refractivity contribution >= 4 is 17.3 Å². The number of nitrogens with one attached hydrogen (secondary N) is 1. The Hall–Kier alpha value is -3.71. The normalized spacial score (nSPS) is 11.7. The number of carbonyl (C=O) groups excluding carboxylic acids is 1. The van der Waals surface area contributed by atoms with Crippen molar-refractivity contribution in [2.24, 2.45) is 0 Å². The zero-order chi connectivity index (χ0) is 21.5. The minimum Gasteiger partial charge on any atom is -0.496 e. The van der Waals surface area contributed by atoms with E-state index in [-0.39, 0.29) is 23.3 Å². The summed E-state index contributed by atoms with van der Waals surface area (Å²) in [4.78, 5) is 23.7. The number of hydrogen-bond donors (Lipinski definition) is 2. The van der Waals surface area contributed by atoms with Crippen LogP contribution in [0.15, 0.2) is 78.9 Å². The molecule has 7 nitrogen and oxygen atoms in total. The van der Waals surface area contributed by atoms with Gasteiger partial charge in [0.05, 0.1) is 18.1 Å². The molecule has 0 aromatic heterocycles. The summed E-state index contributed by atoms with van der Waals surface area (Å²) in [7, 11) is 1.43. The molecule has 0 spiro atoms. The monoisotopic (exact) mass is 406 g/mol. The number of quaternary nitrogens is 1. The number of carbonyl (C=O) groups is 1. The lowest BCUT2D eigenvalue weighted by Crippen LogP contribution is -2.92. The highest BCUT2D eigenvalue weighted by molar-refractivity contribution is 5.95. The van der Waals surface area contributed by atoms with Crippen molar-refractivity contribution in [3.05, 3.63) is 100 Å². The van der Waals surface area contributed by atoms with Crippen LogP contribution in [-0.4, -0.2) is 24.0 Å². The number of methoxy groups -OCH3 is 1. The summed E-state index contributed by atoms with van der Waals surface area (Å²) >= 11 is 0. The van der Waals surface area contributed by atoms with Gasteiger partial charge in [0.1, 0.15) is 17.5 Å². The Morgan fingerprint density at radius 1 is 1.00 bits per heavy atom. The van der Waals surface area contributed by atoms with Crippen molar-refractivity contribution in [2.45, 2.75) is 19.0 Å². The highest BCUT2D eigenvalue weighted by Crippen LogP contribution is 2.29. The van der Waals surface area contributed by atoms with Gasteiger partial charge in [0.25, 0.3) is 11.6 Å². The Labute approximate surface area is 174 Å². The first-order chi connectivity index (χ1) is 14.5. The highest BCUT2D eigenvalue weighted by atomic mass is 16.6. The third-order valence-corrected chi connectivity index (χ3v) is 4.87. The van der Waals surface area contributed by atoms with E-state index < -0.39 is 11.0 Å². The van der Waals surface area contributed by atoms with Gasteiger partial charge >= 0.3 is 0 Å². The molecule has 0 aliphatic rings. The zero-order valence-electron chi connectivity index (χ0n) is 16.8. The number of rotatable bonds is 8. The van der Waals surface area contributed by atoms with Crippen molar-refractivity contribution in [1.29, 1.82) is 0 Å². The van der Waals surface area contributed by atoms with E-state index in [1.165, 1.54) is 19.2 Å². The number of benzene rings is 3. The molecule has 0 saturated carbocycles. The summed E-state index contributed by atoms with van der Waals surface area (Å²) in [6, 6.07) is 23.6. The van der Waals surface area contributed by atoms with E-state index in [2.05, 4.69) is 5.32 Å². The summed E-state index contributed by atoms with van der Waals surface area (Å²) in [5, 5.41) is 16.0. The molecule has 30 heavy (non-hydrogen) atoms. The van der Waals surface area contributed by atoms with Gasteiger partial charge < -0.3 is 15.4 Å². The molecule has 0 aliphatic heterocycles. The molecule has 1 amide bonds. The third kappa shape index (κ3) is 5.01. The van der Waals surface area contributed by atoms with E-state index in [9.17, 15) is 14.9 Å². The number of nitro benzene ring substituents is 1. The molecule has 3 aromatic carbocycles. The van der Waals surface area contributed by atoms with Crippen LogP contribution in [-0.2, 0) is 4.79 Å². The summed E-state index contributed by atoms with van der Waals surface area (Å²) in [6.07, 6.45) is 0. The van der Waals surface area contributed by atoms with Gasteiger partial charge in [-0.3, -0.25) is 14.9 Å². The van der Waals surface area contributed by atoms with Gasteiger partial charge in [-0.05, 0) is 19.1 Å². The van der Waals surface area contributed by atoms with Crippen LogP contribution in [0.1, 0.15) is 24.1 Å². The Bertz CT molecular complexity index is 970. The van der Waals surface area contributed by atoms with Crippen LogP contribution < -0.4 is 15.4 Å². The second kappa shape index (κ2) is 9.67. The Morgan fingerprint density at radius 3 is 2.07 bits per heavy atom. The van der Waals surface area contributed by atoms with E-state index in [0.717, 1.165) is 11.1 Å². The Balaban J connectivity index is 1.81. The summed E-state index contributed by atoms with van der Waals surface area (Å²) in [5.41, 5.74) is 2.07. The molecule has 3 rings (SSSR count). The lowest BCUT2D eigenvalue weighted by Gasteiger charge is -2.20. The molecule has 0 saturated heterocycles. The van der Waals surface area contributed by atoms with Crippen LogP contribution in [0.3, 0.4) is 0 Å². The van der Waals surface area contributed by atoms with Crippen molar-refractivity contribution in [1.82, 2.24) is 0 Å². The third-order valence-electron chi connectivity index (χ3n) is 4.87. The fourth-order valence-electron chi connectivity index (χ4n) is 3.25. The number of nitro groups is 1. The Morgan fingerprint density at radius 2 is 1.57 bits per heavy atom. The predicted octanol–water partition coefficient (Wildman–Crippen LogP) is 3.28. The molecule has 0 fully saturated rings. The molecule has 1 atom stereocenters. The second-order valence-electron chi connectivity index (χ2n) is 6.91. The van der Waals surface area contributed by atoms with Crippen LogP contribution >= 0.6 is 0 Å². The number of nitrogens with zero attached hydrogens (tertiary/aromatic N) is 1. The molecule has 3 aromatic rings. The number of anilines is 1. The van der Waals surface area contributed by atoms with Crippen molar-refractivity contribution in [2.75, 3.05) is 12.4 Å². The number of nitrogens with two attached hydrogens (primary N) is 1. The first-order valence-corrected chi connectivity index (χ1v) is 9.57. The van der Waals surface area contributed by atoms with Gasteiger partial charge in [-0.2, -0.15) is 0 Å². The molecular weight excluding hydrogens is 382 g/mol. The van der Waals surface area contributed by atoms with E-state index >= 15 is 0 Å². The highest BCUT2D eigenvalue weighted by Gasteiger charge is 2.26. The maximum Gasteiger partial charge on any atom is 0.296 e. The zero-order valence-corrected chi connectivity index (χ0v) is 16.8. The van der Waals surface area contributed by atoms with Crippen LogP contribution in [0.2, 0.25) is 0 Å². The van der Waals surface area contributed by atoms with Crippen LogP contribution in [0.25, 0.3) is 0 Å². The van der Waals surface area contributed by atoms with Crippen molar-refractivity contribution in [3.8, 4) is 5.75 Å². The average Bonchev–Trinajstić information content (AvgIpc) is 2.78. The molecule has 0 unspecified atom stereocenters. The molecular formula is C23H24N3O4+. The second-order valence-corrected chi connectivity index (χ2v) is 6.91. The van der Waals surface area contributed by atoms with Gasteiger partial charge in [0.15, 0.2) is 6.04 Å². The standard InChI is InChI=1S/C23H23N3O4/c1-16(23(27)25-20-14-13-19(30-2)15-21(20)26(28)29)24-22(17-9-5-3-6-10-17)18-11-7-4-8-12-18/h3-16,22,24H,1-2H3,(H,25,27)/p+1/t16-/m1/s1. The van der Waals surface area contributed by atoms with Crippen molar-refractivity contribution < 1.29 is 19.8 Å². The number of hydrogen-bond acceptors (Lipinski definition) is 4. The maximum absolute atomic E-state index is 12.8. The van der Waals surface area contributed by atoms with Gasteiger partial charge in [-0.15, -0.1) is 0 Å². The maximum atomic E-state index is 12.8. The minimum absolute atomic E-state index is 0.0843. The van der Waals surface area contributed by atoms with Crippen LogP contribution in [0.5, 0.6) is 5.75 Å². The fourth-order valence-corrected chi connectivity index (χ4v) is 3.25. The van der Waals surface area contributed by atoms with E-state index in [1.807, 2.05) is 66.0 Å². The fraction of sp³-hybridized carbons (Fsp3) is 0.174. The molecule has 7 heteroatoms. The van der Waals surface area contributed by atoms with Gasteiger partial charge in [0, 0.05) is 11.1 Å². The molecule has 3 N–H and O–H groups in total. The smallest absolute Gasteiger partial charge is 0.296 e. The van der Waals surface area contributed by atoms with Crippen molar-refractivity contribution in [3.63, 3.8) is 0 Å². The summed E-state index contributed by atoms with van der Waals surface area (Å²) in [6.45, 7) is 1.78. The predicted molar refractivity (Wildman–Crippen MR) is 114 cm³/mol. The first-order valence-electron chi connectivity index (χ1n) is 9.57. The molecule has 0 heterocycles. The SMILES string of the molecule is COc1ccc(NC(=O)[C@@H](C)[NH2+]C(c2ccccc2)c2ccccc2)c([N+](=O)[O-])c1. The lowest BCUT2D eigenvalue weighted by atomic mass is 9.98. The average molecular weight is 406 g/mol. The largest absolute Gasteiger partial charge is 0.496 e. The summed E-state index contributed by atoms with van der Waals surface area (Å²) < 4.78 is 5.04. The first kappa shape index (κ1) is 21.0. The van der Waals surface area contributed by atoms with Crippen LogP contribution in [0, 0.1) is 10.1 Å². The lowest BCUT2D eigenvalue weighted by molar-refractivity contribution is -0.704. The quantitative estimate of drug-likeness (QED) is 0.443. The molecule has 0 radical (unpaired) electrons. The number of ether oxygens (including phenoxy) is 1. The Kier molecular flexibility index (Phi) is 6.77. The molecule has 154 valence electrons. The minimum atomic E-state index is -0.538.